The van der Waals surface area contributed by atoms with Crippen LogP contribution in [-0.2, 0) is 6.42 Å². The molecule has 25 heavy (non-hydrogen) atoms. The summed E-state index contributed by atoms with van der Waals surface area (Å²) in [5.74, 6) is 0.537. The Labute approximate surface area is 154 Å². The predicted molar refractivity (Wildman–Crippen MR) is 108 cm³/mol. The molecule has 2 nitrogen and oxygen atoms in total. The summed E-state index contributed by atoms with van der Waals surface area (Å²) in [6, 6.07) is 5.69. The minimum Gasteiger partial charge on any atom is -0.508 e. The van der Waals surface area contributed by atoms with Gasteiger partial charge in [-0.15, -0.1) is 0 Å². The molecular formula is C23H36O2. The van der Waals surface area contributed by atoms with Gasteiger partial charge in [0, 0.05) is 5.92 Å². The van der Waals surface area contributed by atoms with Crippen molar-refractivity contribution in [1.29, 1.82) is 0 Å². The number of hydrogen-bond donors (Lipinski definition) is 2. The van der Waals surface area contributed by atoms with E-state index in [9.17, 15) is 10.2 Å². The van der Waals surface area contributed by atoms with Crippen LogP contribution in [0.25, 0.3) is 0 Å². The number of aliphatic hydroxyl groups is 1. The Morgan fingerprint density at radius 2 is 1.80 bits per heavy atom. The van der Waals surface area contributed by atoms with Gasteiger partial charge in [0.25, 0.3) is 0 Å². The Hall–Kier alpha value is -1.54. The van der Waals surface area contributed by atoms with Gasteiger partial charge < -0.3 is 10.2 Å². The minimum atomic E-state index is -0.764. The van der Waals surface area contributed by atoms with E-state index >= 15 is 0 Å². The van der Waals surface area contributed by atoms with Crippen molar-refractivity contribution in [2.24, 2.45) is 0 Å². The molecular weight excluding hydrogens is 308 g/mol. The van der Waals surface area contributed by atoms with Crippen LogP contribution in [0.3, 0.4) is 0 Å². The van der Waals surface area contributed by atoms with Crippen LogP contribution in [0.15, 0.2) is 41.5 Å². The first-order chi connectivity index (χ1) is 11.9. The molecule has 140 valence electrons. The third-order valence-electron chi connectivity index (χ3n) is 5.43. The lowest BCUT2D eigenvalue weighted by Gasteiger charge is -2.29. The van der Waals surface area contributed by atoms with Crippen molar-refractivity contribution in [2.45, 2.75) is 85.2 Å². The van der Waals surface area contributed by atoms with Gasteiger partial charge in [0.05, 0.1) is 5.60 Å². The van der Waals surface area contributed by atoms with Crippen molar-refractivity contribution in [3.05, 3.63) is 52.6 Å². The Kier molecular flexibility index (Phi) is 8.44. The number of rotatable bonds is 9. The van der Waals surface area contributed by atoms with Crippen molar-refractivity contribution < 1.29 is 10.2 Å². The maximum Gasteiger partial charge on any atom is 0.115 e. The fourth-order valence-corrected chi connectivity index (χ4v) is 3.55. The molecule has 0 aromatic heterocycles. The fraction of sp³-hybridized carbons (Fsp3) is 0.565. The van der Waals surface area contributed by atoms with Gasteiger partial charge in [-0.2, -0.15) is 0 Å². The van der Waals surface area contributed by atoms with Crippen LogP contribution in [0.5, 0.6) is 5.75 Å². The van der Waals surface area contributed by atoms with Crippen LogP contribution in [-0.4, -0.2) is 15.8 Å². The normalized spacial score (nSPS) is 14.7. The summed E-state index contributed by atoms with van der Waals surface area (Å²) in [5, 5.41) is 20.9. The van der Waals surface area contributed by atoms with Crippen LogP contribution in [0.1, 0.15) is 84.3 Å². The lowest BCUT2D eigenvalue weighted by molar-refractivity contribution is 0.0735. The van der Waals surface area contributed by atoms with E-state index in [0.29, 0.717) is 18.6 Å². The average molecular weight is 345 g/mol. The average Bonchev–Trinajstić information content (AvgIpc) is 2.63. The summed E-state index contributed by atoms with van der Waals surface area (Å²) in [6.45, 7) is 12.6. The van der Waals surface area contributed by atoms with E-state index in [1.54, 1.807) is 6.07 Å². The van der Waals surface area contributed by atoms with Crippen LogP contribution < -0.4 is 0 Å². The molecule has 0 radical (unpaired) electrons. The molecule has 2 heteroatoms. The molecule has 0 spiro atoms. The molecule has 0 saturated carbocycles. The van der Waals surface area contributed by atoms with Crippen molar-refractivity contribution >= 4 is 0 Å². The second kappa shape index (κ2) is 9.82. The van der Waals surface area contributed by atoms with E-state index < -0.39 is 5.60 Å². The minimum absolute atomic E-state index is 0.218. The zero-order valence-corrected chi connectivity index (χ0v) is 16.9. The van der Waals surface area contributed by atoms with Crippen LogP contribution in [0, 0.1) is 0 Å². The molecule has 0 aliphatic carbocycles. The lowest BCUT2D eigenvalue weighted by Crippen LogP contribution is -2.28. The Morgan fingerprint density at radius 1 is 1.16 bits per heavy atom. The highest BCUT2D eigenvalue weighted by Crippen LogP contribution is 2.35. The van der Waals surface area contributed by atoms with Crippen LogP contribution in [0.4, 0.5) is 0 Å². The highest BCUT2D eigenvalue weighted by Gasteiger charge is 2.26. The zero-order valence-electron chi connectivity index (χ0n) is 16.9. The van der Waals surface area contributed by atoms with E-state index in [2.05, 4.69) is 26.8 Å². The molecule has 1 rings (SSSR count). The number of phenols is 1. The third-order valence-corrected chi connectivity index (χ3v) is 5.43. The summed E-state index contributed by atoms with van der Waals surface area (Å²) < 4.78 is 0. The van der Waals surface area contributed by atoms with Gasteiger partial charge >= 0.3 is 0 Å². The molecule has 0 heterocycles. The van der Waals surface area contributed by atoms with Crippen LogP contribution >= 0.6 is 0 Å². The summed E-state index contributed by atoms with van der Waals surface area (Å²) in [5.41, 5.74) is 4.02. The highest BCUT2D eigenvalue weighted by atomic mass is 16.3. The van der Waals surface area contributed by atoms with Crippen molar-refractivity contribution in [2.75, 3.05) is 0 Å². The molecule has 1 unspecified atom stereocenters. The highest BCUT2D eigenvalue weighted by molar-refractivity contribution is 5.43. The third kappa shape index (κ3) is 5.22. The van der Waals surface area contributed by atoms with Gasteiger partial charge in [-0.1, -0.05) is 64.8 Å². The summed E-state index contributed by atoms with van der Waals surface area (Å²) in [7, 11) is 0. The summed E-state index contributed by atoms with van der Waals surface area (Å²) >= 11 is 0. The zero-order chi connectivity index (χ0) is 19.0. The van der Waals surface area contributed by atoms with E-state index in [1.165, 1.54) is 16.7 Å². The Balaban J connectivity index is 3.37. The quantitative estimate of drug-likeness (QED) is 0.517. The maximum absolute atomic E-state index is 10.9. The number of aromatic hydroxyl groups is 1. The number of aryl methyl sites for hydroxylation is 1. The molecule has 1 atom stereocenters. The molecule has 0 fully saturated rings. The second-order valence-corrected chi connectivity index (χ2v) is 6.91. The molecule has 1 aromatic carbocycles. The number of allylic oxidation sites excluding steroid dienone is 2. The van der Waals surface area contributed by atoms with Crippen molar-refractivity contribution in [1.82, 2.24) is 0 Å². The van der Waals surface area contributed by atoms with Gasteiger partial charge in [-0.3, -0.25) is 0 Å². The number of benzene rings is 1. The van der Waals surface area contributed by atoms with Crippen molar-refractivity contribution in [3.8, 4) is 5.75 Å². The molecule has 2 N–H and O–H groups in total. The molecule has 0 saturated heterocycles. The first kappa shape index (κ1) is 21.5. The molecule has 0 aliphatic heterocycles. The SMILES string of the molecule is C/C=C(\C=C(\CCC)C(C)c1cc(O)ccc1CC)C(O)(CC)CC. The smallest absolute Gasteiger partial charge is 0.115 e. The summed E-state index contributed by atoms with van der Waals surface area (Å²) in [6.07, 6.45) is 8.65. The van der Waals surface area contributed by atoms with Gasteiger partial charge in [0.2, 0.25) is 0 Å². The number of hydrogen-bond acceptors (Lipinski definition) is 2. The fourth-order valence-electron chi connectivity index (χ4n) is 3.55. The first-order valence-electron chi connectivity index (χ1n) is 9.78. The predicted octanol–water partition coefficient (Wildman–Crippen LogP) is 6.28. The van der Waals surface area contributed by atoms with Crippen LogP contribution in [0.2, 0.25) is 0 Å². The second-order valence-electron chi connectivity index (χ2n) is 6.91. The molecule has 0 amide bonds. The van der Waals surface area contributed by atoms with E-state index in [1.807, 2.05) is 39.0 Å². The lowest BCUT2D eigenvalue weighted by atomic mass is 9.81. The molecule has 0 bridgehead atoms. The van der Waals surface area contributed by atoms with Gasteiger partial charge in [-0.05, 0) is 61.4 Å². The molecule has 0 aliphatic rings. The Bertz CT molecular complexity index is 607. The largest absolute Gasteiger partial charge is 0.508 e. The topological polar surface area (TPSA) is 40.5 Å². The van der Waals surface area contributed by atoms with E-state index in [4.69, 9.17) is 0 Å². The van der Waals surface area contributed by atoms with Crippen molar-refractivity contribution in [3.63, 3.8) is 0 Å². The monoisotopic (exact) mass is 344 g/mol. The first-order valence-corrected chi connectivity index (χ1v) is 9.78. The van der Waals surface area contributed by atoms with E-state index in [0.717, 1.165) is 24.8 Å². The molecule has 1 aromatic rings. The van der Waals surface area contributed by atoms with Gasteiger partial charge in [0.1, 0.15) is 5.75 Å². The Morgan fingerprint density at radius 3 is 2.28 bits per heavy atom. The summed E-state index contributed by atoms with van der Waals surface area (Å²) in [4.78, 5) is 0. The van der Waals surface area contributed by atoms with E-state index in [-0.39, 0.29) is 5.92 Å². The van der Waals surface area contributed by atoms with Gasteiger partial charge in [-0.25, -0.2) is 0 Å². The maximum atomic E-state index is 10.9. The standard InChI is InChI=1S/C23H36O2/c1-7-12-19(15-20(9-3)23(25,10-4)11-5)17(6)22-16-21(24)14-13-18(22)8-2/h9,13-17,24-25H,7-8,10-12H2,1-6H3/b19-15-,20-9+. The number of phenolic OH excluding ortho intramolecular Hbond substituents is 1. The van der Waals surface area contributed by atoms with Gasteiger partial charge in [0.15, 0.2) is 0 Å².